The second kappa shape index (κ2) is 10.3. The lowest BCUT2D eigenvalue weighted by molar-refractivity contribution is -0.118. The molecule has 0 heterocycles. The van der Waals surface area contributed by atoms with E-state index >= 15 is 0 Å². The molecule has 142 valence electrons. The molecule has 0 aromatic heterocycles. The minimum absolute atomic E-state index is 0.0236. The van der Waals surface area contributed by atoms with Gasteiger partial charge in [-0.05, 0) is 74.9 Å². The largest absolute Gasteiger partial charge is 0.393 e. The molecule has 0 radical (unpaired) electrons. The Kier molecular flexibility index (Phi) is 8.07. The molecule has 0 aliphatic heterocycles. The highest BCUT2D eigenvalue weighted by Gasteiger charge is 2.13. The van der Waals surface area contributed by atoms with Crippen molar-refractivity contribution in [2.45, 2.75) is 52.1 Å². The van der Waals surface area contributed by atoms with E-state index in [4.69, 9.17) is 0 Å². The summed E-state index contributed by atoms with van der Waals surface area (Å²) < 4.78 is 0. The van der Waals surface area contributed by atoms with E-state index in [1.54, 1.807) is 6.92 Å². The number of hydrogen-bond acceptors (Lipinski definition) is 3. The number of allylic oxidation sites excluding steroid dienone is 3. The van der Waals surface area contributed by atoms with Crippen LogP contribution in [-0.4, -0.2) is 37.3 Å². The molecule has 1 atom stereocenters. The monoisotopic (exact) mass is 356 g/mol. The van der Waals surface area contributed by atoms with Gasteiger partial charge in [0, 0.05) is 13.5 Å². The van der Waals surface area contributed by atoms with Gasteiger partial charge in [0.15, 0.2) is 0 Å². The smallest absolute Gasteiger partial charge is 0.216 e. The van der Waals surface area contributed by atoms with Crippen molar-refractivity contribution in [3.05, 3.63) is 52.6 Å². The summed E-state index contributed by atoms with van der Waals surface area (Å²) in [4.78, 5) is 11.1. The number of nitrogens with one attached hydrogen (secondary N) is 2. The van der Waals surface area contributed by atoms with E-state index in [1.165, 1.54) is 27.8 Å². The van der Waals surface area contributed by atoms with E-state index in [-0.39, 0.29) is 12.0 Å². The fourth-order valence-corrected chi connectivity index (χ4v) is 3.42. The Morgan fingerprint density at radius 1 is 1.31 bits per heavy atom. The molecule has 4 nitrogen and oxygen atoms in total. The minimum Gasteiger partial charge on any atom is -0.393 e. The minimum atomic E-state index is -0.311. The molecule has 0 unspecified atom stereocenters. The van der Waals surface area contributed by atoms with Crippen molar-refractivity contribution in [3.8, 4) is 0 Å². The zero-order chi connectivity index (χ0) is 18.9. The van der Waals surface area contributed by atoms with Crippen LogP contribution in [0.25, 0.3) is 5.57 Å². The Morgan fingerprint density at radius 3 is 2.81 bits per heavy atom. The van der Waals surface area contributed by atoms with Crippen molar-refractivity contribution in [3.63, 3.8) is 0 Å². The quantitative estimate of drug-likeness (QED) is 0.637. The molecule has 0 bridgehead atoms. The fourth-order valence-electron chi connectivity index (χ4n) is 3.42. The molecule has 0 saturated heterocycles. The maximum Gasteiger partial charge on any atom is 0.216 e. The van der Waals surface area contributed by atoms with Crippen LogP contribution in [-0.2, 0) is 11.2 Å². The van der Waals surface area contributed by atoms with Gasteiger partial charge >= 0.3 is 0 Å². The van der Waals surface area contributed by atoms with Crippen LogP contribution in [0.1, 0.15) is 49.3 Å². The third kappa shape index (κ3) is 6.11. The van der Waals surface area contributed by atoms with E-state index in [9.17, 15) is 9.90 Å². The number of hydrogen-bond donors (Lipinski definition) is 3. The molecule has 26 heavy (non-hydrogen) atoms. The predicted molar refractivity (Wildman–Crippen MR) is 108 cm³/mol. The first-order valence-corrected chi connectivity index (χ1v) is 9.56. The number of amides is 1. The number of aryl methyl sites for hydroxylation is 1. The number of aliphatic hydroxyl groups is 1. The molecule has 0 spiro atoms. The lowest BCUT2D eigenvalue weighted by atomic mass is 9.88. The standard InChI is InChI=1S/C22H32N2O2/c1-16-14-20(9-8-19(16)15-21(26)11-12-23-3)22-7-5-4-6-18(22)10-13-24-17(2)25/h5,7-9,14,21,23,26H,4,6,10-13,15H2,1-3H3,(H,24,25)/t21-/m1/s1. The molecule has 1 aromatic carbocycles. The zero-order valence-electron chi connectivity index (χ0n) is 16.3. The molecule has 3 N–H and O–H groups in total. The predicted octanol–water partition coefficient (Wildman–Crippen LogP) is 3.14. The van der Waals surface area contributed by atoms with E-state index in [0.717, 1.165) is 32.2 Å². The summed E-state index contributed by atoms with van der Waals surface area (Å²) in [5.74, 6) is 0.0236. The maximum atomic E-state index is 11.1. The van der Waals surface area contributed by atoms with Crippen LogP contribution in [0.3, 0.4) is 0 Å². The van der Waals surface area contributed by atoms with Crippen LogP contribution in [0.5, 0.6) is 0 Å². The highest BCUT2D eigenvalue weighted by atomic mass is 16.3. The van der Waals surface area contributed by atoms with Crippen molar-refractivity contribution in [1.29, 1.82) is 0 Å². The number of aliphatic hydroxyl groups excluding tert-OH is 1. The Bertz CT molecular complexity index is 677. The maximum absolute atomic E-state index is 11.1. The van der Waals surface area contributed by atoms with Crippen LogP contribution >= 0.6 is 0 Å². The van der Waals surface area contributed by atoms with Gasteiger partial charge in [0.05, 0.1) is 6.10 Å². The van der Waals surface area contributed by atoms with Crippen molar-refractivity contribution < 1.29 is 9.90 Å². The van der Waals surface area contributed by atoms with E-state index < -0.39 is 0 Å². The third-order valence-corrected chi connectivity index (χ3v) is 4.92. The van der Waals surface area contributed by atoms with Crippen molar-refractivity contribution >= 4 is 11.5 Å². The Labute approximate surface area is 157 Å². The van der Waals surface area contributed by atoms with Crippen molar-refractivity contribution in [2.75, 3.05) is 20.1 Å². The molecule has 1 aliphatic rings. The Balaban J connectivity index is 2.13. The average molecular weight is 357 g/mol. The molecular weight excluding hydrogens is 324 g/mol. The van der Waals surface area contributed by atoms with E-state index in [2.05, 4.69) is 47.9 Å². The zero-order valence-corrected chi connectivity index (χ0v) is 16.3. The molecule has 1 amide bonds. The first kappa shape index (κ1) is 20.4. The molecule has 2 rings (SSSR count). The third-order valence-electron chi connectivity index (χ3n) is 4.92. The Hall–Kier alpha value is -1.91. The van der Waals surface area contributed by atoms with Gasteiger partial charge in [-0.15, -0.1) is 0 Å². The normalized spacial score (nSPS) is 15.2. The second-order valence-corrected chi connectivity index (χ2v) is 7.08. The molecule has 1 aromatic rings. The molecule has 1 aliphatic carbocycles. The van der Waals surface area contributed by atoms with Gasteiger partial charge in [-0.3, -0.25) is 4.79 Å². The Morgan fingerprint density at radius 2 is 2.12 bits per heavy atom. The van der Waals surface area contributed by atoms with Gasteiger partial charge in [-0.1, -0.05) is 35.9 Å². The topological polar surface area (TPSA) is 61.4 Å². The van der Waals surface area contributed by atoms with Crippen molar-refractivity contribution in [1.82, 2.24) is 10.6 Å². The summed E-state index contributed by atoms with van der Waals surface area (Å²) in [6, 6.07) is 6.54. The van der Waals surface area contributed by atoms with Crippen LogP contribution < -0.4 is 10.6 Å². The van der Waals surface area contributed by atoms with Crippen LogP contribution in [0.2, 0.25) is 0 Å². The number of carbonyl (C=O) groups is 1. The first-order valence-electron chi connectivity index (χ1n) is 9.56. The summed E-state index contributed by atoms with van der Waals surface area (Å²) in [5.41, 5.74) is 6.34. The van der Waals surface area contributed by atoms with Crippen LogP contribution in [0.15, 0.2) is 35.9 Å². The summed E-state index contributed by atoms with van der Waals surface area (Å²) in [5, 5.41) is 16.1. The van der Waals surface area contributed by atoms with Gasteiger partial charge in [-0.2, -0.15) is 0 Å². The van der Waals surface area contributed by atoms with E-state index in [1.807, 2.05) is 7.05 Å². The molecule has 4 heteroatoms. The molecule has 0 saturated carbocycles. The van der Waals surface area contributed by atoms with Crippen LogP contribution in [0.4, 0.5) is 0 Å². The summed E-state index contributed by atoms with van der Waals surface area (Å²) >= 11 is 0. The fraction of sp³-hybridized carbons (Fsp3) is 0.500. The second-order valence-electron chi connectivity index (χ2n) is 7.08. The van der Waals surface area contributed by atoms with Gasteiger partial charge in [0.2, 0.25) is 5.91 Å². The number of benzene rings is 1. The summed E-state index contributed by atoms with van der Waals surface area (Å²) in [6.45, 7) is 5.20. The molecule has 0 fully saturated rings. The average Bonchev–Trinajstić information content (AvgIpc) is 2.62. The van der Waals surface area contributed by atoms with Gasteiger partial charge in [-0.25, -0.2) is 0 Å². The van der Waals surface area contributed by atoms with Crippen LogP contribution in [0, 0.1) is 6.92 Å². The van der Waals surface area contributed by atoms with Crippen molar-refractivity contribution in [2.24, 2.45) is 0 Å². The highest BCUT2D eigenvalue weighted by Crippen LogP contribution is 2.30. The van der Waals surface area contributed by atoms with Gasteiger partial charge in [0.25, 0.3) is 0 Å². The summed E-state index contributed by atoms with van der Waals surface area (Å²) in [7, 11) is 1.90. The lowest BCUT2D eigenvalue weighted by Gasteiger charge is -2.19. The first-order chi connectivity index (χ1) is 12.5. The number of carbonyl (C=O) groups excluding carboxylic acids is 1. The lowest BCUT2D eigenvalue weighted by Crippen LogP contribution is -2.21. The van der Waals surface area contributed by atoms with E-state index in [0.29, 0.717) is 13.0 Å². The molecular formula is C22H32N2O2. The summed E-state index contributed by atoms with van der Waals surface area (Å²) in [6.07, 6.45) is 8.58. The SMILES string of the molecule is CNCC[C@@H](O)Cc1ccc(C2=C(CCNC(C)=O)CCC=C2)cc1C. The van der Waals surface area contributed by atoms with Gasteiger partial charge < -0.3 is 15.7 Å². The number of rotatable bonds is 9. The van der Waals surface area contributed by atoms with Gasteiger partial charge in [0.1, 0.15) is 0 Å². The highest BCUT2D eigenvalue weighted by molar-refractivity contribution is 5.78.